The van der Waals surface area contributed by atoms with Crippen LogP contribution in [-0.2, 0) is 0 Å². The van der Waals surface area contributed by atoms with Crippen LogP contribution in [0.2, 0.25) is 5.02 Å². The minimum Gasteiger partial charge on any atom is -0.477 e. The van der Waals surface area contributed by atoms with Crippen molar-refractivity contribution in [1.29, 1.82) is 0 Å². The monoisotopic (exact) mass is 289 g/mol. The summed E-state index contributed by atoms with van der Waals surface area (Å²) in [5.41, 5.74) is 0.269. The number of rotatable bonds is 2. The van der Waals surface area contributed by atoms with Gasteiger partial charge in [0.1, 0.15) is 11.2 Å². The second-order valence-electron chi connectivity index (χ2n) is 4.13. The molecule has 100 valence electrons. The van der Waals surface area contributed by atoms with Crippen molar-refractivity contribution in [3.8, 4) is 5.69 Å². The Morgan fingerprint density at radius 3 is 2.65 bits per heavy atom. The first kappa shape index (κ1) is 12.4. The molecule has 0 aliphatic carbocycles. The third-order valence-electron chi connectivity index (χ3n) is 2.91. The average molecular weight is 290 g/mol. The largest absolute Gasteiger partial charge is 0.477 e. The van der Waals surface area contributed by atoms with E-state index >= 15 is 0 Å². The van der Waals surface area contributed by atoms with Crippen LogP contribution in [0.25, 0.3) is 16.7 Å². The number of halogens is 1. The maximum absolute atomic E-state index is 12.0. The summed E-state index contributed by atoms with van der Waals surface area (Å²) in [4.78, 5) is 25.7. The van der Waals surface area contributed by atoms with Crippen LogP contribution < -0.4 is 5.43 Å². The zero-order valence-corrected chi connectivity index (χ0v) is 10.8. The van der Waals surface area contributed by atoms with Crippen LogP contribution in [0.5, 0.6) is 0 Å². The molecule has 1 aromatic carbocycles. The van der Waals surface area contributed by atoms with E-state index in [2.05, 4.69) is 10.1 Å². The van der Waals surface area contributed by atoms with Crippen molar-refractivity contribution in [2.45, 2.75) is 0 Å². The Kier molecular flexibility index (Phi) is 2.80. The van der Waals surface area contributed by atoms with E-state index in [-0.39, 0.29) is 10.9 Å². The summed E-state index contributed by atoms with van der Waals surface area (Å²) in [6.07, 6.45) is 2.51. The molecule has 0 aliphatic heterocycles. The zero-order valence-electron chi connectivity index (χ0n) is 10.0. The fraction of sp³-hybridized carbons (Fsp3) is 0. The maximum atomic E-state index is 12.0. The SMILES string of the molecule is O=C(O)c1c[nH]c2c(cnn2-c2ccc(Cl)cc2)c1=O. The smallest absolute Gasteiger partial charge is 0.341 e. The maximum Gasteiger partial charge on any atom is 0.341 e. The summed E-state index contributed by atoms with van der Waals surface area (Å²) < 4.78 is 1.51. The Balaban J connectivity index is 2.25. The first-order chi connectivity index (χ1) is 9.58. The van der Waals surface area contributed by atoms with Gasteiger partial charge in [0.2, 0.25) is 5.43 Å². The van der Waals surface area contributed by atoms with Gasteiger partial charge in [-0.15, -0.1) is 0 Å². The van der Waals surface area contributed by atoms with Crippen LogP contribution in [-0.4, -0.2) is 25.8 Å². The quantitative estimate of drug-likeness (QED) is 0.756. The minimum absolute atomic E-state index is 0.222. The number of pyridine rings is 1. The highest BCUT2D eigenvalue weighted by Crippen LogP contribution is 2.16. The summed E-state index contributed by atoms with van der Waals surface area (Å²) in [6, 6.07) is 6.90. The van der Waals surface area contributed by atoms with Gasteiger partial charge in [-0.25, -0.2) is 9.48 Å². The molecule has 0 radical (unpaired) electrons. The van der Waals surface area contributed by atoms with E-state index in [4.69, 9.17) is 16.7 Å². The average Bonchev–Trinajstić information content (AvgIpc) is 2.84. The molecule has 0 atom stereocenters. The van der Waals surface area contributed by atoms with E-state index in [0.29, 0.717) is 16.4 Å². The van der Waals surface area contributed by atoms with Crippen molar-refractivity contribution < 1.29 is 9.90 Å². The van der Waals surface area contributed by atoms with Gasteiger partial charge in [-0.05, 0) is 24.3 Å². The number of hydrogen-bond donors (Lipinski definition) is 2. The van der Waals surface area contributed by atoms with Gasteiger partial charge in [-0.1, -0.05) is 11.6 Å². The van der Waals surface area contributed by atoms with E-state index in [0.717, 1.165) is 0 Å². The number of carbonyl (C=O) groups is 1. The highest BCUT2D eigenvalue weighted by atomic mass is 35.5. The molecule has 0 amide bonds. The third-order valence-corrected chi connectivity index (χ3v) is 3.17. The number of aromatic nitrogens is 3. The van der Waals surface area contributed by atoms with Gasteiger partial charge in [0.15, 0.2) is 0 Å². The third kappa shape index (κ3) is 1.86. The number of aromatic carboxylic acids is 1. The van der Waals surface area contributed by atoms with E-state index < -0.39 is 11.4 Å². The highest BCUT2D eigenvalue weighted by molar-refractivity contribution is 6.30. The van der Waals surface area contributed by atoms with Gasteiger partial charge >= 0.3 is 5.97 Å². The predicted molar refractivity (Wildman–Crippen MR) is 73.7 cm³/mol. The lowest BCUT2D eigenvalue weighted by Gasteiger charge is -2.03. The molecule has 0 saturated carbocycles. The number of benzene rings is 1. The van der Waals surface area contributed by atoms with Crippen LogP contribution in [0.15, 0.2) is 41.5 Å². The lowest BCUT2D eigenvalue weighted by Crippen LogP contribution is -2.15. The van der Waals surface area contributed by atoms with E-state index in [9.17, 15) is 9.59 Å². The Labute approximate surface area is 117 Å². The number of hydrogen-bond acceptors (Lipinski definition) is 3. The molecule has 0 unspecified atom stereocenters. The molecule has 6 nitrogen and oxygen atoms in total. The predicted octanol–water partition coefficient (Wildman–Crippen LogP) is 2.07. The Morgan fingerprint density at radius 1 is 1.30 bits per heavy atom. The van der Waals surface area contributed by atoms with E-state index in [1.54, 1.807) is 24.3 Å². The molecule has 0 spiro atoms. The number of nitrogens with one attached hydrogen (secondary N) is 1. The number of aromatic amines is 1. The molecular weight excluding hydrogens is 282 g/mol. The van der Waals surface area contributed by atoms with Crippen molar-refractivity contribution in [2.24, 2.45) is 0 Å². The fourth-order valence-electron chi connectivity index (χ4n) is 1.94. The van der Waals surface area contributed by atoms with Gasteiger partial charge in [0, 0.05) is 11.2 Å². The van der Waals surface area contributed by atoms with E-state index in [1.807, 2.05) is 0 Å². The molecule has 2 aromatic heterocycles. The Morgan fingerprint density at radius 2 is 2.00 bits per heavy atom. The number of carboxylic acids is 1. The fourth-order valence-corrected chi connectivity index (χ4v) is 2.07. The number of fused-ring (bicyclic) bond motifs is 1. The lowest BCUT2D eigenvalue weighted by molar-refractivity contribution is 0.0695. The molecule has 20 heavy (non-hydrogen) atoms. The minimum atomic E-state index is -1.27. The van der Waals surface area contributed by atoms with Crippen molar-refractivity contribution in [1.82, 2.24) is 14.8 Å². The molecule has 0 aliphatic rings. The first-order valence-electron chi connectivity index (χ1n) is 5.66. The van der Waals surface area contributed by atoms with Gasteiger partial charge in [-0.2, -0.15) is 5.10 Å². The van der Waals surface area contributed by atoms with Gasteiger partial charge in [-0.3, -0.25) is 4.79 Å². The number of H-pyrrole nitrogens is 1. The Bertz CT molecular complexity index is 865. The lowest BCUT2D eigenvalue weighted by atomic mass is 10.2. The van der Waals surface area contributed by atoms with Crippen molar-refractivity contribution >= 4 is 28.6 Å². The van der Waals surface area contributed by atoms with Crippen LogP contribution >= 0.6 is 11.6 Å². The molecule has 2 N–H and O–H groups in total. The van der Waals surface area contributed by atoms with Crippen LogP contribution in [0.4, 0.5) is 0 Å². The standard InChI is InChI=1S/C13H8ClN3O3/c14-7-1-3-8(4-2-7)17-12-9(6-16-17)11(18)10(5-15-12)13(19)20/h1-6H,(H,15,18)(H,19,20). The number of carboxylic acid groups (broad SMARTS) is 1. The summed E-state index contributed by atoms with van der Waals surface area (Å²) in [7, 11) is 0. The summed E-state index contributed by atoms with van der Waals surface area (Å²) >= 11 is 5.82. The molecule has 3 aromatic rings. The zero-order chi connectivity index (χ0) is 14.3. The molecule has 3 rings (SSSR count). The van der Waals surface area contributed by atoms with Crippen LogP contribution in [0, 0.1) is 0 Å². The second-order valence-corrected chi connectivity index (χ2v) is 4.57. The molecular formula is C13H8ClN3O3. The molecule has 0 bridgehead atoms. The number of nitrogens with zero attached hydrogens (tertiary/aromatic N) is 2. The normalized spacial score (nSPS) is 10.8. The van der Waals surface area contributed by atoms with Crippen LogP contribution in [0.1, 0.15) is 10.4 Å². The van der Waals surface area contributed by atoms with Crippen molar-refractivity contribution in [2.75, 3.05) is 0 Å². The molecule has 7 heteroatoms. The van der Waals surface area contributed by atoms with Gasteiger partial charge in [0.05, 0.1) is 17.3 Å². The van der Waals surface area contributed by atoms with Crippen molar-refractivity contribution in [3.05, 3.63) is 57.5 Å². The van der Waals surface area contributed by atoms with Gasteiger partial charge < -0.3 is 10.1 Å². The molecule has 0 fully saturated rings. The molecule has 0 saturated heterocycles. The topological polar surface area (TPSA) is 88.0 Å². The van der Waals surface area contributed by atoms with E-state index in [1.165, 1.54) is 17.1 Å². The summed E-state index contributed by atoms with van der Waals surface area (Å²) in [6.45, 7) is 0. The first-order valence-corrected chi connectivity index (χ1v) is 6.04. The summed E-state index contributed by atoms with van der Waals surface area (Å²) in [5.74, 6) is -1.27. The summed E-state index contributed by atoms with van der Waals surface area (Å²) in [5, 5.41) is 13.8. The Hall–Kier alpha value is -2.60. The molecule has 2 heterocycles. The van der Waals surface area contributed by atoms with Gasteiger partial charge in [0.25, 0.3) is 0 Å². The second kappa shape index (κ2) is 4.50. The van der Waals surface area contributed by atoms with Crippen molar-refractivity contribution in [3.63, 3.8) is 0 Å². The highest BCUT2D eigenvalue weighted by Gasteiger charge is 2.15. The van der Waals surface area contributed by atoms with Crippen LogP contribution in [0.3, 0.4) is 0 Å².